The van der Waals surface area contributed by atoms with Crippen molar-refractivity contribution in [3.05, 3.63) is 65.7 Å². The molecule has 0 aliphatic carbocycles. The van der Waals surface area contributed by atoms with Gasteiger partial charge in [0.1, 0.15) is 0 Å². The molecule has 2 aromatic rings. The van der Waals surface area contributed by atoms with Crippen molar-refractivity contribution in [1.29, 1.82) is 0 Å². The van der Waals surface area contributed by atoms with Gasteiger partial charge in [0.15, 0.2) is 0 Å². The fourth-order valence-corrected chi connectivity index (χ4v) is 4.70. The zero-order valence-corrected chi connectivity index (χ0v) is 17.2. The van der Waals surface area contributed by atoms with Crippen molar-refractivity contribution < 1.29 is 13.2 Å². The smallest absolute Gasteiger partial charge is 0.240 e. The predicted octanol–water partition coefficient (Wildman–Crippen LogP) is 4.01. The van der Waals surface area contributed by atoms with Crippen LogP contribution in [0.5, 0.6) is 0 Å². The van der Waals surface area contributed by atoms with Crippen molar-refractivity contribution >= 4 is 10.0 Å². The minimum absolute atomic E-state index is 0.00478. The first-order valence-corrected chi connectivity index (χ1v) is 10.9. The fraction of sp³-hybridized carbons (Fsp3) is 0.455. The molecule has 4 nitrogen and oxygen atoms in total. The van der Waals surface area contributed by atoms with Gasteiger partial charge in [-0.05, 0) is 41.5 Å². The summed E-state index contributed by atoms with van der Waals surface area (Å²) in [5.74, 6) is 0. The normalized spacial score (nSPS) is 17.6. The van der Waals surface area contributed by atoms with Gasteiger partial charge < -0.3 is 4.74 Å². The van der Waals surface area contributed by atoms with Crippen molar-refractivity contribution in [3.63, 3.8) is 0 Å². The number of hydrogen-bond acceptors (Lipinski definition) is 3. The third-order valence-electron chi connectivity index (χ3n) is 5.47. The summed E-state index contributed by atoms with van der Waals surface area (Å²) in [4.78, 5) is 0.311. The minimum Gasteiger partial charge on any atom is -0.381 e. The van der Waals surface area contributed by atoms with Crippen molar-refractivity contribution in [2.75, 3.05) is 19.8 Å². The molecular formula is C22H29NO3S. The van der Waals surface area contributed by atoms with Crippen LogP contribution in [0, 0.1) is 0 Å². The highest BCUT2D eigenvalue weighted by atomic mass is 32.2. The van der Waals surface area contributed by atoms with E-state index in [0.29, 0.717) is 24.7 Å². The number of ether oxygens (including phenoxy) is 1. The number of rotatable bonds is 5. The summed E-state index contributed by atoms with van der Waals surface area (Å²) in [5, 5.41) is 0. The molecule has 0 saturated carbocycles. The molecule has 0 bridgehead atoms. The maximum Gasteiger partial charge on any atom is 0.240 e. The summed E-state index contributed by atoms with van der Waals surface area (Å²) >= 11 is 0. The lowest BCUT2D eigenvalue weighted by atomic mass is 9.74. The lowest BCUT2D eigenvalue weighted by Gasteiger charge is -2.37. The molecule has 3 rings (SSSR count). The van der Waals surface area contributed by atoms with E-state index in [0.717, 1.165) is 18.4 Å². The molecule has 0 aromatic heterocycles. The van der Waals surface area contributed by atoms with Crippen LogP contribution in [0.2, 0.25) is 0 Å². The summed E-state index contributed by atoms with van der Waals surface area (Å²) in [6.45, 7) is 8.02. The number of sulfonamides is 1. The summed E-state index contributed by atoms with van der Waals surface area (Å²) in [7, 11) is -3.56. The van der Waals surface area contributed by atoms with Crippen LogP contribution in [0.4, 0.5) is 0 Å². The van der Waals surface area contributed by atoms with Crippen molar-refractivity contribution in [2.24, 2.45) is 0 Å². The number of nitrogens with one attached hydrogen (secondary N) is 1. The van der Waals surface area contributed by atoms with Crippen LogP contribution in [-0.2, 0) is 25.6 Å². The van der Waals surface area contributed by atoms with Gasteiger partial charge in [-0.3, -0.25) is 0 Å². The molecular weight excluding hydrogens is 358 g/mol. The molecule has 0 atom stereocenters. The van der Waals surface area contributed by atoms with Crippen LogP contribution in [0.25, 0.3) is 0 Å². The zero-order chi connectivity index (χ0) is 19.5. The highest BCUT2D eigenvalue weighted by Gasteiger charge is 2.35. The van der Waals surface area contributed by atoms with Gasteiger partial charge in [-0.15, -0.1) is 0 Å². The van der Waals surface area contributed by atoms with E-state index in [1.54, 1.807) is 12.1 Å². The molecule has 1 aliphatic rings. The monoisotopic (exact) mass is 387 g/mol. The fourth-order valence-electron chi connectivity index (χ4n) is 3.57. The van der Waals surface area contributed by atoms with E-state index >= 15 is 0 Å². The molecule has 1 N–H and O–H groups in total. The van der Waals surface area contributed by atoms with Crippen molar-refractivity contribution in [1.82, 2.24) is 4.72 Å². The van der Waals surface area contributed by atoms with Gasteiger partial charge in [0.2, 0.25) is 10.0 Å². The summed E-state index contributed by atoms with van der Waals surface area (Å²) in [5.41, 5.74) is 2.05. The third-order valence-corrected chi connectivity index (χ3v) is 6.88. The largest absolute Gasteiger partial charge is 0.381 e. The van der Waals surface area contributed by atoms with E-state index < -0.39 is 10.0 Å². The zero-order valence-electron chi connectivity index (χ0n) is 16.4. The molecule has 0 radical (unpaired) electrons. The molecule has 1 aliphatic heterocycles. The van der Waals surface area contributed by atoms with E-state index in [9.17, 15) is 8.42 Å². The highest BCUT2D eigenvalue weighted by molar-refractivity contribution is 7.89. The molecule has 0 spiro atoms. The Morgan fingerprint density at radius 2 is 1.56 bits per heavy atom. The highest BCUT2D eigenvalue weighted by Crippen LogP contribution is 2.34. The Bertz CT molecular complexity index is 847. The Hall–Kier alpha value is -1.69. The molecule has 146 valence electrons. The number of benzene rings is 2. The lowest BCUT2D eigenvalue weighted by molar-refractivity contribution is 0.0517. The predicted molar refractivity (Wildman–Crippen MR) is 109 cm³/mol. The van der Waals surface area contributed by atoms with Crippen molar-refractivity contribution in [3.8, 4) is 0 Å². The maximum atomic E-state index is 12.9. The minimum atomic E-state index is -3.56. The van der Waals surface area contributed by atoms with Crippen LogP contribution in [0.15, 0.2) is 59.5 Å². The van der Waals surface area contributed by atoms with Crippen LogP contribution in [-0.4, -0.2) is 28.2 Å². The molecule has 0 unspecified atom stereocenters. The van der Waals surface area contributed by atoms with Gasteiger partial charge in [0, 0.05) is 25.2 Å². The van der Waals surface area contributed by atoms with E-state index in [2.05, 4.69) is 37.6 Å². The molecule has 27 heavy (non-hydrogen) atoms. The van der Waals surface area contributed by atoms with Gasteiger partial charge >= 0.3 is 0 Å². The second kappa shape index (κ2) is 7.74. The quantitative estimate of drug-likeness (QED) is 0.843. The first-order valence-electron chi connectivity index (χ1n) is 9.47. The molecule has 1 saturated heterocycles. The van der Waals surface area contributed by atoms with Gasteiger partial charge in [-0.1, -0.05) is 63.2 Å². The van der Waals surface area contributed by atoms with Crippen molar-refractivity contribution in [2.45, 2.75) is 49.3 Å². The van der Waals surface area contributed by atoms with E-state index in [1.165, 1.54) is 5.56 Å². The summed E-state index contributed by atoms with van der Waals surface area (Å²) < 4.78 is 34.1. The standard InChI is InChI=1S/C22H29NO3S/c1-21(2,3)18-9-11-20(12-10-18)27(24,25)23-17-22(13-15-26-16-14-22)19-7-5-4-6-8-19/h4-12,23H,13-17H2,1-3H3. The van der Waals surface area contributed by atoms with Gasteiger partial charge in [-0.2, -0.15) is 0 Å². The van der Waals surface area contributed by atoms with E-state index in [1.807, 2.05) is 30.3 Å². The number of hydrogen-bond donors (Lipinski definition) is 1. The Morgan fingerprint density at radius 1 is 0.963 bits per heavy atom. The first-order chi connectivity index (χ1) is 12.7. The Labute approximate surface area is 163 Å². The van der Waals surface area contributed by atoms with Gasteiger partial charge in [0.25, 0.3) is 0 Å². The Kier molecular flexibility index (Phi) is 5.75. The van der Waals surface area contributed by atoms with Crippen LogP contribution < -0.4 is 4.72 Å². The SMILES string of the molecule is CC(C)(C)c1ccc(S(=O)(=O)NCC2(c3ccccc3)CCOCC2)cc1. The van der Waals surface area contributed by atoms with Crippen LogP contribution in [0.1, 0.15) is 44.7 Å². The topological polar surface area (TPSA) is 55.4 Å². The van der Waals surface area contributed by atoms with Crippen LogP contribution >= 0.6 is 0 Å². The molecule has 2 aromatic carbocycles. The van der Waals surface area contributed by atoms with E-state index in [4.69, 9.17) is 4.74 Å². The first kappa shape index (κ1) is 20.1. The summed E-state index contributed by atoms with van der Waals surface area (Å²) in [6.07, 6.45) is 1.62. The molecule has 5 heteroatoms. The average Bonchev–Trinajstić information content (AvgIpc) is 2.67. The average molecular weight is 388 g/mol. The van der Waals surface area contributed by atoms with Crippen LogP contribution in [0.3, 0.4) is 0 Å². The Morgan fingerprint density at radius 3 is 2.11 bits per heavy atom. The third kappa shape index (κ3) is 4.60. The molecule has 1 fully saturated rings. The van der Waals surface area contributed by atoms with E-state index in [-0.39, 0.29) is 10.8 Å². The second-order valence-electron chi connectivity index (χ2n) is 8.36. The Balaban J connectivity index is 1.80. The van der Waals surface area contributed by atoms with Gasteiger partial charge in [0.05, 0.1) is 4.90 Å². The lowest BCUT2D eigenvalue weighted by Crippen LogP contribution is -2.44. The van der Waals surface area contributed by atoms with Gasteiger partial charge in [-0.25, -0.2) is 13.1 Å². The second-order valence-corrected chi connectivity index (χ2v) is 10.1. The summed E-state index contributed by atoms with van der Waals surface area (Å²) in [6, 6.07) is 17.3. The maximum absolute atomic E-state index is 12.9. The molecule has 1 heterocycles. The molecule has 0 amide bonds.